The fraction of sp³-hybridized carbons (Fsp3) is 0.364. The minimum atomic E-state index is -0.739. The highest BCUT2D eigenvalue weighted by Gasteiger charge is 2.30. The number of nitro benzene ring substituents is 1. The Morgan fingerprint density at radius 3 is 2.88 bits per heavy atom. The Labute approximate surface area is 97.3 Å². The number of nitrogens with zero attached hydrogens (tertiary/aromatic N) is 1. The molecule has 0 saturated carbocycles. The normalized spacial score (nSPS) is 18.9. The average Bonchev–Trinajstić information content (AvgIpc) is 2.67. The number of nitro groups is 1. The highest BCUT2D eigenvalue weighted by atomic mass is 16.6. The Kier molecular flexibility index (Phi) is 2.95. The van der Waals surface area contributed by atoms with Gasteiger partial charge in [0.25, 0.3) is 0 Å². The Morgan fingerprint density at radius 1 is 1.53 bits per heavy atom. The summed E-state index contributed by atoms with van der Waals surface area (Å²) in [5.74, 6) is -0.371. The van der Waals surface area contributed by atoms with Crippen LogP contribution < -0.4 is 4.74 Å². The van der Waals surface area contributed by atoms with Gasteiger partial charge >= 0.3 is 11.7 Å². The van der Waals surface area contributed by atoms with Crippen LogP contribution in [0.5, 0.6) is 5.75 Å². The summed E-state index contributed by atoms with van der Waals surface area (Å²) in [5.41, 5.74) is 0.628. The van der Waals surface area contributed by atoms with Crippen molar-refractivity contribution < 1.29 is 19.2 Å². The molecule has 17 heavy (non-hydrogen) atoms. The molecule has 1 aliphatic heterocycles. The molecule has 2 rings (SSSR count). The SMILES string of the molecule is Cc1ccc(O[C@H]2CCOC2=O)c([N+](=O)[O-])c1. The summed E-state index contributed by atoms with van der Waals surface area (Å²) in [6, 6.07) is 4.61. The molecule has 1 fully saturated rings. The van der Waals surface area contributed by atoms with E-state index in [1.165, 1.54) is 12.1 Å². The van der Waals surface area contributed by atoms with Crippen molar-refractivity contribution in [1.82, 2.24) is 0 Å². The van der Waals surface area contributed by atoms with E-state index in [0.29, 0.717) is 13.0 Å². The van der Waals surface area contributed by atoms with Crippen LogP contribution in [0.3, 0.4) is 0 Å². The maximum Gasteiger partial charge on any atom is 0.347 e. The number of esters is 1. The Hall–Kier alpha value is -2.11. The summed E-state index contributed by atoms with van der Waals surface area (Å²) in [7, 11) is 0. The molecule has 1 heterocycles. The van der Waals surface area contributed by atoms with Crippen LogP contribution >= 0.6 is 0 Å². The second-order valence-corrected chi connectivity index (χ2v) is 3.79. The van der Waals surface area contributed by atoms with E-state index < -0.39 is 17.0 Å². The van der Waals surface area contributed by atoms with Gasteiger partial charge in [-0.3, -0.25) is 10.1 Å². The van der Waals surface area contributed by atoms with Crippen molar-refractivity contribution in [2.24, 2.45) is 0 Å². The summed E-state index contributed by atoms with van der Waals surface area (Å²) in [4.78, 5) is 21.5. The zero-order chi connectivity index (χ0) is 12.4. The molecule has 0 radical (unpaired) electrons. The summed E-state index contributed by atoms with van der Waals surface area (Å²) in [6.45, 7) is 2.05. The van der Waals surface area contributed by atoms with E-state index in [1.54, 1.807) is 13.0 Å². The Balaban J connectivity index is 2.25. The van der Waals surface area contributed by atoms with Gasteiger partial charge in [-0.2, -0.15) is 0 Å². The number of cyclic esters (lactones) is 1. The summed E-state index contributed by atoms with van der Waals surface area (Å²) in [6.07, 6.45) is -0.319. The predicted molar refractivity (Wildman–Crippen MR) is 57.8 cm³/mol. The largest absolute Gasteiger partial charge is 0.471 e. The summed E-state index contributed by atoms with van der Waals surface area (Å²) < 4.78 is 10.0. The molecule has 0 spiro atoms. The highest BCUT2D eigenvalue weighted by Crippen LogP contribution is 2.29. The summed E-state index contributed by atoms with van der Waals surface area (Å²) in [5, 5.41) is 10.8. The minimum absolute atomic E-state index is 0.101. The van der Waals surface area contributed by atoms with E-state index in [4.69, 9.17) is 9.47 Å². The van der Waals surface area contributed by atoms with Gasteiger partial charge in [-0.25, -0.2) is 4.79 Å². The maximum atomic E-state index is 11.2. The monoisotopic (exact) mass is 237 g/mol. The molecule has 0 bridgehead atoms. The van der Waals surface area contributed by atoms with Gasteiger partial charge in [0.1, 0.15) is 0 Å². The third kappa shape index (κ3) is 2.35. The van der Waals surface area contributed by atoms with Crippen LogP contribution in [-0.2, 0) is 9.53 Å². The van der Waals surface area contributed by atoms with Crippen LogP contribution in [0.1, 0.15) is 12.0 Å². The maximum absolute atomic E-state index is 11.2. The van der Waals surface area contributed by atoms with Gasteiger partial charge in [-0.1, -0.05) is 6.07 Å². The molecule has 1 atom stereocenters. The van der Waals surface area contributed by atoms with Gasteiger partial charge in [-0.05, 0) is 18.6 Å². The molecule has 0 aromatic heterocycles. The number of carbonyl (C=O) groups is 1. The van der Waals surface area contributed by atoms with Crippen LogP contribution in [0.15, 0.2) is 18.2 Å². The quantitative estimate of drug-likeness (QED) is 0.453. The first-order chi connectivity index (χ1) is 8.08. The van der Waals surface area contributed by atoms with Gasteiger partial charge in [0.05, 0.1) is 11.5 Å². The second-order valence-electron chi connectivity index (χ2n) is 3.79. The lowest BCUT2D eigenvalue weighted by molar-refractivity contribution is -0.386. The van der Waals surface area contributed by atoms with Crippen molar-refractivity contribution >= 4 is 11.7 Å². The minimum Gasteiger partial charge on any atom is -0.471 e. The first-order valence-electron chi connectivity index (χ1n) is 5.16. The lowest BCUT2D eigenvalue weighted by Crippen LogP contribution is -2.22. The molecular weight excluding hydrogens is 226 g/mol. The first kappa shape index (κ1) is 11.4. The number of hydrogen-bond acceptors (Lipinski definition) is 5. The van der Waals surface area contributed by atoms with Crippen LogP contribution in [0.4, 0.5) is 5.69 Å². The van der Waals surface area contributed by atoms with Crippen molar-refractivity contribution in [3.63, 3.8) is 0 Å². The number of benzene rings is 1. The van der Waals surface area contributed by atoms with E-state index in [9.17, 15) is 14.9 Å². The van der Waals surface area contributed by atoms with Gasteiger partial charge in [0.2, 0.25) is 0 Å². The Morgan fingerprint density at radius 2 is 2.29 bits per heavy atom. The third-order valence-corrected chi connectivity index (χ3v) is 2.47. The number of rotatable bonds is 3. The smallest absolute Gasteiger partial charge is 0.347 e. The fourth-order valence-corrected chi connectivity index (χ4v) is 1.61. The molecule has 1 aliphatic rings. The average molecular weight is 237 g/mol. The zero-order valence-corrected chi connectivity index (χ0v) is 9.21. The molecule has 0 aliphatic carbocycles. The molecule has 1 aromatic rings. The second kappa shape index (κ2) is 4.40. The van der Waals surface area contributed by atoms with Crippen molar-refractivity contribution in [2.45, 2.75) is 19.4 Å². The van der Waals surface area contributed by atoms with Gasteiger partial charge < -0.3 is 9.47 Å². The Bertz CT molecular complexity index is 471. The molecule has 1 aromatic carbocycles. The fourth-order valence-electron chi connectivity index (χ4n) is 1.61. The number of hydrogen-bond donors (Lipinski definition) is 0. The number of ether oxygens (including phenoxy) is 2. The zero-order valence-electron chi connectivity index (χ0n) is 9.21. The molecule has 0 amide bonds. The molecule has 1 saturated heterocycles. The molecule has 90 valence electrons. The van der Waals surface area contributed by atoms with E-state index in [1.807, 2.05) is 0 Å². The van der Waals surface area contributed by atoms with Crippen molar-refractivity contribution in [3.8, 4) is 5.75 Å². The highest BCUT2D eigenvalue weighted by molar-refractivity contribution is 5.77. The molecular formula is C11H11NO5. The van der Waals surface area contributed by atoms with Crippen molar-refractivity contribution in [2.75, 3.05) is 6.61 Å². The van der Waals surface area contributed by atoms with E-state index in [-0.39, 0.29) is 11.4 Å². The van der Waals surface area contributed by atoms with E-state index in [0.717, 1.165) is 5.56 Å². The van der Waals surface area contributed by atoms with Gasteiger partial charge in [-0.15, -0.1) is 0 Å². The van der Waals surface area contributed by atoms with Crippen LogP contribution in [0.2, 0.25) is 0 Å². The van der Waals surface area contributed by atoms with Crippen molar-refractivity contribution in [1.29, 1.82) is 0 Å². The summed E-state index contributed by atoms with van der Waals surface area (Å²) >= 11 is 0. The predicted octanol–water partition coefficient (Wildman–Crippen LogP) is 1.60. The number of carbonyl (C=O) groups excluding carboxylic acids is 1. The van der Waals surface area contributed by atoms with Crippen LogP contribution in [0, 0.1) is 17.0 Å². The van der Waals surface area contributed by atoms with Crippen molar-refractivity contribution in [3.05, 3.63) is 33.9 Å². The van der Waals surface area contributed by atoms with Crippen LogP contribution in [0.25, 0.3) is 0 Å². The van der Waals surface area contributed by atoms with Gasteiger partial charge in [0.15, 0.2) is 11.9 Å². The molecule has 6 nitrogen and oxygen atoms in total. The standard InChI is InChI=1S/C11H11NO5/c1-7-2-3-9(8(6-7)12(14)15)17-10-4-5-16-11(10)13/h2-3,6,10H,4-5H2,1H3/t10-/m0/s1. The van der Waals surface area contributed by atoms with E-state index in [2.05, 4.69) is 0 Å². The topological polar surface area (TPSA) is 78.7 Å². The third-order valence-electron chi connectivity index (χ3n) is 2.47. The molecule has 0 N–H and O–H groups in total. The lowest BCUT2D eigenvalue weighted by Gasteiger charge is -2.10. The first-order valence-corrected chi connectivity index (χ1v) is 5.16. The molecule has 0 unspecified atom stereocenters. The van der Waals surface area contributed by atoms with Crippen LogP contribution in [-0.4, -0.2) is 23.6 Å². The number of aryl methyl sites for hydroxylation is 1. The van der Waals surface area contributed by atoms with E-state index >= 15 is 0 Å². The molecule has 6 heteroatoms. The lowest BCUT2D eigenvalue weighted by atomic mass is 10.2. The van der Waals surface area contributed by atoms with Gasteiger partial charge in [0, 0.05) is 12.5 Å².